The van der Waals surface area contributed by atoms with Crippen LogP contribution in [-0.4, -0.2) is 32.9 Å². The van der Waals surface area contributed by atoms with E-state index in [1.807, 2.05) is 23.5 Å². The molecule has 0 spiro atoms. The van der Waals surface area contributed by atoms with Crippen molar-refractivity contribution in [2.45, 2.75) is 42.3 Å². The van der Waals surface area contributed by atoms with E-state index in [0.29, 0.717) is 0 Å². The normalized spacial score (nSPS) is 16.4. The van der Waals surface area contributed by atoms with Crippen LogP contribution in [0.1, 0.15) is 29.3 Å². The van der Waals surface area contributed by atoms with Crippen molar-refractivity contribution in [2.75, 3.05) is 13.4 Å². The summed E-state index contributed by atoms with van der Waals surface area (Å²) in [6.45, 7) is 2.34. The van der Waals surface area contributed by atoms with E-state index in [1.165, 1.54) is 27.8 Å². The minimum atomic E-state index is 0.750. The fourth-order valence-corrected chi connectivity index (χ4v) is 6.81. The lowest BCUT2D eigenvalue weighted by Gasteiger charge is -2.17. The summed E-state index contributed by atoms with van der Waals surface area (Å²) in [5, 5.41) is 12.3. The van der Waals surface area contributed by atoms with Crippen molar-refractivity contribution in [1.82, 2.24) is 19.6 Å². The van der Waals surface area contributed by atoms with Crippen LogP contribution >= 0.6 is 34.9 Å². The molecule has 1 aliphatic rings. The number of hydrogen-bond donors (Lipinski definition) is 0. The molecule has 1 atom stereocenters. The summed E-state index contributed by atoms with van der Waals surface area (Å²) < 4.78 is 7.39. The molecule has 0 N–H and O–H groups in total. The van der Waals surface area contributed by atoms with Gasteiger partial charge in [-0.05, 0) is 54.7 Å². The number of aromatic nitrogens is 4. The van der Waals surface area contributed by atoms with Gasteiger partial charge in [0.25, 0.3) is 0 Å². The maximum atomic E-state index is 5.25. The zero-order chi connectivity index (χ0) is 20.0. The summed E-state index contributed by atoms with van der Waals surface area (Å²) in [4.78, 5) is 7.60. The zero-order valence-electron chi connectivity index (χ0n) is 16.6. The number of ether oxygens (including phenoxy) is 1. The molecule has 5 rings (SSSR count). The van der Waals surface area contributed by atoms with Gasteiger partial charge in [-0.1, -0.05) is 42.6 Å². The smallest absolute Gasteiger partial charge is 0.198 e. The van der Waals surface area contributed by atoms with Crippen LogP contribution in [0, 0.1) is 5.92 Å². The molecule has 0 fully saturated rings. The summed E-state index contributed by atoms with van der Waals surface area (Å²) in [6.07, 6.45) is 5.58. The summed E-state index contributed by atoms with van der Waals surface area (Å²) in [5.41, 5.74) is 3.64. The first-order valence-corrected chi connectivity index (χ1v) is 12.7. The predicted molar refractivity (Wildman–Crippen MR) is 122 cm³/mol. The topological polar surface area (TPSA) is 52.3 Å². The first-order chi connectivity index (χ1) is 14.2. The van der Waals surface area contributed by atoms with Crippen LogP contribution < -0.4 is 4.74 Å². The zero-order valence-corrected chi connectivity index (χ0v) is 19.1. The maximum Gasteiger partial charge on any atom is 0.198 e. The first-order valence-electron chi connectivity index (χ1n) is 9.67. The summed E-state index contributed by atoms with van der Waals surface area (Å²) in [7, 11) is 1.69. The Morgan fingerprint density at radius 3 is 2.79 bits per heavy atom. The van der Waals surface area contributed by atoms with Crippen molar-refractivity contribution >= 4 is 50.7 Å². The van der Waals surface area contributed by atoms with E-state index < -0.39 is 0 Å². The summed E-state index contributed by atoms with van der Waals surface area (Å²) >= 11 is 5.20. The van der Waals surface area contributed by atoms with E-state index in [1.54, 1.807) is 30.6 Å². The van der Waals surface area contributed by atoms with Gasteiger partial charge in [-0.15, -0.1) is 21.5 Å². The molecule has 0 saturated heterocycles. The lowest BCUT2D eigenvalue weighted by atomic mass is 9.89. The van der Waals surface area contributed by atoms with E-state index in [9.17, 15) is 0 Å². The summed E-state index contributed by atoms with van der Waals surface area (Å²) in [6, 6.07) is 8.18. The molecule has 1 aromatic carbocycles. The third-order valence-electron chi connectivity index (χ3n) is 5.45. The van der Waals surface area contributed by atoms with Crippen LogP contribution in [0.5, 0.6) is 5.75 Å². The SMILES string of the molecule is COc1ccc(CSc2nnc3c4c5c(sc4nc(SC)n23)CC(C)CC5)cc1. The average molecular weight is 443 g/mol. The van der Waals surface area contributed by atoms with Gasteiger partial charge in [-0.25, -0.2) is 9.38 Å². The van der Waals surface area contributed by atoms with Crippen molar-refractivity contribution in [1.29, 1.82) is 0 Å². The molecule has 0 saturated carbocycles. The molecule has 0 aliphatic heterocycles. The van der Waals surface area contributed by atoms with Crippen molar-refractivity contribution in [2.24, 2.45) is 5.92 Å². The molecule has 0 bridgehead atoms. The van der Waals surface area contributed by atoms with Crippen molar-refractivity contribution in [3.05, 3.63) is 40.3 Å². The molecule has 150 valence electrons. The molecule has 0 amide bonds. The Morgan fingerprint density at radius 1 is 1.21 bits per heavy atom. The van der Waals surface area contributed by atoms with Gasteiger partial charge in [0.15, 0.2) is 16.0 Å². The van der Waals surface area contributed by atoms with Gasteiger partial charge >= 0.3 is 0 Å². The number of thioether (sulfide) groups is 2. The molecule has 1 unspecified atom stereocenters. The maximum absolute atomic E-state index is 5.25. The second-order valence-electron chi connectivity index (χ2n) is 7.41. The number of fused-ring (bicyclic) bond motifs is 5. The van der Waals surface area contributed by atoms with E-state index in [-0.39, 0.29) is 0 Å². The van der Waals surface area contributed by atoms with E-state index >= 15 is 0 Å². The van der Waals surface area contributed by atoms with Crippen LogP contribution in [0.3, 0.4) is 0 Å². The van der Waals surface area contributed by atoms with Gasteiger partial charge in [0, 0.05) is 10.6 Å². The second kappa shape index (κ2) is 7.81. The highest BCUT2D eigenvalue weighted by atomic mass is 32.2. The number of nitrogens with zero attached hydrogens (tertiary/aromatic N) is 4. The second-order valence-corrected chi connectivity index (χ2v) is 10.2. The Morgan fingerprint density at radius 2 is 2.03 bits per heavy atom. The number of hydrogen-bond acceptors (Lipinski definition) is 7. The highest BCUT2D eigenvalue weighted by Gasteiger charge is 2.25. The molecule has 5 nitrogen and oxygen atoms in total. The number of benzene rings is 1. The number of rotatable bonds is 5. The number of methoxy groups -OCH3 is 1. The minimum absolute atomic E-state index is 0.750. The minimum Gasteiger partial charge on any atom is -0.497 e. The molecule has 29 heavy (non-hydrogen) atoms. The monoisotopic (exact) mass is 442 g/mol. The largest absolute Gasteiger partial charge is 0.497 e. The van der Waals surface area contributed by atoms with Crippen LogP contribution in [0.15, 0.2) is 34.6 Å². The fourth-order valence-electron chi connectivity index (χ4n) is 3.89. The Balaban J connectivity index is 1.55. The Bertz CT molecular complexity index is 1180. The van der Waals surface area contributed by atoms with Crippen LogP contribution in [0.25, 0.3) is 15.9 Å². The van der Waals surface area contributed by atoms with Crippen molar-refractivity contribution in [3.8, 4) is 5.75 Å². The first kappa shape index (κ1) is 19.2. The van der Waals surface area contributed by atoms with Crippen molar-refractivity contribution < 1.29 is 4.74 Å². The van der Waals surface area contributed by atoms with Gasteiger partial charge in [-0.2, -0.15) is 0 Å². The van der Waals surface area contributed by atoms with Gasteiger partial charge in [0.1, 0.15) is 10.6 Å². The van der Waals surface area contributed by atoms with Gasteiger partial charge < -0.3 is 4.74 Å². The van der Waals surface area contributed by atoms with Gasteiger partial charge in [-0.3, -0.25) is 0 Å². The number of thiophene rings is 1. The third kappa shape index (κ3) is 3.41. The summed E-state index contributed by atoms with van der Waals surface area (Å²) in [5.74, 6) is 2.45. The highest BCUT2D eigenvalue weighted by molar-refractivity contribution is 7.99. The predicted octanol–water partition coefficient (Wildman–Crippen LogP) is 5.49. The molecular weight excluding hydrogens is 420 g/mol. The van der Waals surface area contributed by atoms with E-state index in [0.717, 1.165) is 51.1 Å². The van der Waals surface area contributed by atoms with Gasteiger partial charge in [0.05, 0.1) is 12.5 Å². The Hall–Kier alpha value is -1.77. The van der Waals surface area contributed by atoms with Gasteiger partial charge in [0.2, 0.25) is 0 Å². The lowest BCUT2D eigenvalue weighted by molar-refractivity contribution is 0.414. The quantitative estimate of drug-likeness (QED) is 0.301. The van der Waals surface area contributed by atoms with Crippen molar-refractivity contribution in [3.63, 3.8) is 0 Å². The fraction of sp³-hybridized carbons (Fsp3) is 0.381. The van der Waals surface area contributed by atoms with E-state index in [2.05, 4.69) is 39.9 Å². The molecule has 4 aromatic rings. The van der Waals surface area contributed by atoms with Crippen LogP contribution in [-0.2, 0) is 18.6 Å². The third-order valence-corrected chi connectivity index (χ3v) is 8.24. The molecular formula is C21H22N4OS3. The average Bonchev–Trinajstić information content (AvgIpc) is 3.32. The Labute approximate surface area is 182 Å². The molecule has 0 radical (unpaired) electrons. The van der Waals surface area contributed by atoms with Crippen LogP contribution in [0.4, 0.5) is 0 Å². The highest BCUT2D eigenvalue weighted by Crippen LogP contribution is 2.40. The van der Waals surface area contributed by atoms with E-state index in [4.69, 9.17) is 9.72 Å². The molecule has 3 aromatic heterocycles. The standard InChI is InChI=1S/C21H22N4OS3/c1-12-4-9-15-16(10-12)29-19-17(15)18-23-24-21(25(18)20(22-19)27-3)28-11-13-5-7-14(26-2)8-6-13/h5-8,12H,4,9-11H2,1-3H3. The molecule has 3 heterocycles. The Kier molecular flexibility index (Phi) is 5.17. The molecule has 1 aliphatic carbocycles. The number of aryl methyl sites for hydroxylation is 1. The molecule has 8 heteroatoms. The van der Waals surface area contributed by atoms with Crippen LogP contribution in [0.2, 0.25) is 0 Å². The lowest BCUT2D eigenvalue weighted by Crippen LogP contribution is -2.08.